The minimum absolute atomic E-state index is 0.766. The van der Waals surface area contributed by atoms with Crippen LogP contribution in [0.5, 0.6) is 0 Å². The normalized spacial score (nSPS) is 13.0. The SMILES string of the molecule is S=C1Nc2cc(Br)ccc2-n2ccc3cccc1c32. The molecule has 2 heterocycles. The quantitative estimate of drug-likeness (QED) is 0.612. The number of rotatable bonds is 0. The van der Waals surface area contributed by atoms with Gasteiger partial charge >= 0.3 is 0 Å². The van der Waals surface area contributed by atoms with Gasteiger partial charge in [-0.2, -0.15) is 0 Å². The van der Waals surface area contributed by atoms with Crippen molar-refractivity contribution in [1.29, 1.82) is 0 Å². The molecule has 4 rings (SSSR count). The molecule has 0 saturated carbocycles. The van der Waals surface area contributed by atoms with E-state index < -0.39 is 0 Å². The lowest BCUT2D eigenvalue weighted by molar-refractivity contribution is 1.13. The number of para-hydroxylation sites is 1. The Morgan fingerprint density at radius 2 is 2.00 bits per heavy atom. The van der Waals surface area contributed by atoms with Gasteiger partial charge in [-0.3, -0.25) is 0 Å². The smallest absolute Gasteiger partial charge is 0.113 e. The Bertz CT molecular complexity index is 835. The summed E-state index contributed by atoms with van der Waals surface area (Å²) in [5.74, 6) is 0. The summed E-state index contributed by atoms with van der Waals surface area (Å²) in [6.45, 7) is 0. The Hall–Kier alpha value is -1.65. The molecular formula is C15H9BrN2S. The van der Waals surface area contributed by atoms with Crippen LogP contribution in [0.4, 0.5) is 5.69 Å². The van der Waals surface area contributed by atoms with Crippen LogP contribution in [0.2, 0.25) is 0 Å². The van der Waals surface area contributed by atoms with Crippen molar-refractivity contribution in [2.75, 3.05) is 5.32 Å². The van der Waals surface area contributed by atoms with Crippen LogP contribution in [0.1, 0.15) is 5.56 Å². The van der Waals surface area contributed by atoms with Crippen LogP contribution in [0.25, 0.3) is 16.6 Å². The second kappa shape index (κ2) is 3.92. The Kier molecular flexibility index (Phi) is 2.31. The average Bonchev–Trinajstić information content (AvgIpc) is 2.77. The third kappa shape index (κ3) is 1.57. The number of nitrogens with zero attached hydrogens (tertiary/aromatic N) is 1. The molecule has 0 unspecified atom stereocenters. The summed E-state index contributed by atoms with van der Waals surface area (Å²) in [6, 6.07) is 14.5. The molecule has 0 radical (unpaired) electrons. The second-order valence-corrected chi connectivity index (χ2v) is 5.87. The van der Waals surface area contributed by atoms with Gasteiger partial charge in [0, 0.05) is 21.6 Å². The number of nitrogens with one attached hydrogen (secondary N) is 1. The summed E-state index contributed by atoms with van der Waals surface area (Å²) in [5.41, 5.74) is 4.38. The first-order chi connectivity index (χ1) is 9.24. The van der Waals surface area contributed by atoms with Crippen LogP contribution in [0.3, 0.4) is 0 Å². The first-order valence-electron chi connectivity index (χ1n) is 5.95. The van der Waals surface area contributed by atoms with Crippen molar-refractivity contribution in [3.8, 4) is 5.69 Å². The largest absolute Gasteiger partial charge is 0.344 e. The molecule has 92 valence electrons. The summed E-state index contributed by atoms with van der Waals surface area (Å²) < 4.78 is 3.23. The van der Waals surface area contributed by atoms with Crippen LogP contribution in [-0.2, 0) is 0 Å². The summed E-state index contributed by atoms with van der Waals surface area (Å²) >= 11 is 9.03. The zero-order valence-corrected chi connectivity index (χ0v) is 12.3. The van der Waals surface area contributed by atoms with E-state index in [1.165, 1.54) is 10.9 Å². The van der Waals surface area contributed by atoms with E-state index in [-0.39, 0.29) is 0 Å². The molecule has 19 heavy (non-hydrogen) atoms. The predicted octanol–water partition coefficient (Wildman–Crippen LogP) is 4.49. The van der Waals surface area contributed by atoms with Crippen molar-refractivity contribution in [3.05, 3.63) is 58.7 Å². The van der Waals surface area contributed by atoms with Crippen LogP contribution in [-0.4, -0.2) is 9.56 Å². The number of benzene rings is 2. The van der Waals surface area contributed by atoms with Crippen molar-refractivity contribution in [2.24, 2.45) is 0 Å². The van der Waals surface area contributed by atoms with Gasteiger partial charge in [0.1, 0.15) is 4.99 Å². The van der Waals surface area contributed by atoms with E-state index in [9.17, 15) is 0 Å². The lowest BCUT2D eigenvalue weighted by Crippen LogP contribution is -2.09. The fourth-order valence-corrected chi connectivity index (χ4v) is 3.22. The second-order valence-electron chi connectivity index (χ2n) is 4.54. The minimum Gasteiger partial charge on any atom is -0.344 e. The van der Waals surface area contributed by atoms with Gasteiger partial charge in [0.25, 0.3) is 0 Å². The molecule has 0 spiro atoms. The number of hydrogen-bond acceptors (Lipinski definition) is 1. The van der Waals surface area contributed by atoms with Gasteiger partial charge < -0.3 is 9.88 Å². The Balaban J connectivity index is 2.16. The number of fused-ring (bicyclic) bond motifs is 2. The third-order valence-corrected chi connectivity index (χ3v) is 4.24. The highest BCUT2D eigenvalue weighted by Crippen LogP contribution is 2.33. The molecule has 1 aromatic heterocycles. The summed E-state index contributed by atoms with van der Waals surface area (Å²) in [7, 11) is 0. The van der Waals surface area contributed by atoms with Gasteiger partial charge in [-0.05, 0) is 30.3 Å². The van der Waals surface area contributed by atoms with Crippen LogP contribution < -0.4 is 5.32 Å². The van der Waals surface area contributed by atoms with Gasteiger partial charge in [0.05, 0.1) is 16.9 Å². The molecule has 3 aromatic rings. The Morgan fingerprint density at radius 3 is 2.89 bits per heavy atom. The van der Waals surface area contributed by atoms with Gasteiger partial charge in [0.2, 0.25) is 0 Å². The monoisotopic (exact) mass is 328 g/mol. The molecule has 2 aromatic carbocycles. The molecule has 1 aliphatic heterocycles. The summed E-state index contributed by atoms with van der Waals surface area (Å²) in [5, 5.41) is 4.54. The maximum atomic E-state index is 5.53. The van der Waals surface area contributed by atoms with E-state index in [1.807, 2.05) is 12.1 Å². The van der Waals surface area contributed by atoms with E-state index in [0.29, 0.717) is 0 Å². The summed E-state index contributed by atoms with van der Waals surface area (Å²) in [6.07, 6.45) is 2.09. The molecule has 0 bridgehead atoms. The lowest BCUT2D eigenvalue weighted by Gasteiger charge is -2.10. The molecule has 0 amide bonds. The molecule has 1 N–H and O–H groups in total. The van der Waals surface area contributed by atoms with Gasteiger partial charge in [-0.1, -0.05) is 40.3 Å². The number of hydrogen-bond donors (Lipinski definition) is 1. The topological polar surface area (TPSA) is 17.0 Å². The van der Waals surface area contributed by atoms with Crippen LogP contribution >= 0.6 is 28.1 Å². The molecule has 4 heteroatoms. The standard InChI is InChI=1S/C15H9BrN2S/c16-10-4-5-13-12(8-10)17-15(19)11-3-1-2-9-6-7-18(13)14(9)11/h1-8H,(H,17,19). The van der Waals surface area contributed by atoms with Crippen LogP contribution in [0, 0.1) is 0 Å². The van der Waals surface area contributed by atoms with Crippen molar-refractivity contribution in [3.63, 3.8) is 0 Å². The van der Waals surface area contributed by atoms with Crippen LogP contribution in [0.15, 0.2) is 53.1 Å². The lowest BCUT2D eigenvalue weighted by atomic mass is 10.1. The zero-order valence-electron chi connectivity index (χ0n) is 9.85. The number of thiocarbonyl (C=S) groups is 1. The van der Waals surface area contributed by atoms with Gasteiger partial charge in [-0.15, -0.1) is 0 Å². The molecule has 0 saturated heterocycles. The summed E-state index contributed by atoms with van der Waals surface area (Å²) in [4.78, 5) is 0.766. The average molecular weight is 329 g/mol. The molecule has 0 fully saturated rings. The maximum Gasteiger partial charge on any atom is 0.113 e. The number of aromatic nitrogens is 1. The van der Waals surface area contributed by atoms with Crippen molar-refractivity contribution in [1.82, 2.24) is 4.57 Å². The van der Waals surface area contributed by atoms with E-state index in [0.717, 1.165) is 26.4 Å². The Morgan fingerprint density at radius 1 is 1.11 bits per heavy atom. The van der Waals surface area contributed by atoms with E-state index in [1.54, 1.807) is 0 Å². The first kappa shape index (κ1) is 11.2. The fraction of sp³-hybridized carbons (Fsp3) is 0. The van der Waals surface area contributed by atoms with Crippen molar-refractivity contribution >= 4 is 49.7 Å². The molecule has 1 aliphatic rings. The first-order valence-corrected chi connectivity index (χ1v) is 7.15. The fourth-order valence-electron chi connectivity index (χ4n) is 2.59. The minimum atomic E-state index is 0.766. The van der Waals surface area contributed by atoms with E-state index in [2.05, 4.69) is 62.3 Å². The third-order valence-electron chi connectivity index (χ3n) is 3.42. The maximum absolute atomic E-state index is 5.53. The van der Waals surface area contributed by atoms with E-state index in [4.69, 9.17) is 12.2 Å². The number of halogens is 1. The highest BCUT2D eigenvalue weighted by atomic mass is 79.9. The predicted molar refractivity (Wildman–Crippen MR) is 86.3 cm³/mol. The van der Waals surface area contributed by atoms with E-state index >= 15 is 0 Å². The molecular weight excluding hydrogens is 320 g/mol. The van der Waals surface area contributed by atoms with Crippen molar-refractivity contribution in [2.45, 2.75) is 0 Å². The van der Waals surface area contributed by atoms with Gasteiger partial charge in [0.15, 0.2) is 0 Å². The molecule has 0 aliphatic carbocycles. The molecule has 2 nitrogen and oxygen atoms in total. The number of anilines is 1. The Labute approximate surface area is 124 Å². The van der Waals surface area contributed by atoms with Crippen molar-refractivity contribution < 1.29 is 0 Å². The van der Waals surface area contributed by atoms with Gasteiger partial charge in [-0.25, -0.2) is 0 Å². The zero-order chi connectivity index (χ0) is 13.0. The molecule has 0 atom stereocenters. The highest BCUT2D eigenvalue weighted by Gasteiger charge is 2.18. The highest BCUT2D eigenvalue weighted by molar-refractivity contribution is 9.10.